The number of rotatable bonds is 14. The maximum atomic E-state index is 14.7. The molecule has 2 unspecified atom stereocenters. The van der Waals surface area contributed by atoms with Gasteiger partial charge in [0.2, 0.25) is 17.7 Å². The number of carbonyl (C=O) groups excluding carboxylic acids is 3. The number of likely N-dealkylation sites (tertiary alicyclic amines) is 1. The van der Waals surface area contributed by atoms with Crippen LogP contribution in [0.15, 0.2) is 86.0 Å². The van der Waals surface area contributed by atoms with E-state index in [4.69, 9.17) is 4.74 Å². The van der Waals surface area contributed by atoms with Crippen molar-refractivity contribution in [3.05, 3.63) is 97.1 Å². The van der Waals surface area contributed by atoms with E-state index in [1.54, 1.807) is 26.9 Å². The van der Waals surface area contributed by atoms with E-state index in [1.165, 1.54) is 0 Å². The summed E-state index contributed by atoms with van der Waals surface area (Å²) in [5, 5.41) is 10.7. The minimum atomic E-state index is -1.15. The van der Waals surface area contributed by atoms with Crippen LogP contribution >= 0.6 is 0 Å². The van der Waals surface area contributed by atoms with Gasteiger partial charge in [0.05, 0.1) is 30.6 Å². The highest BCUT2D eigenvalue weighted by Gasteiger charge is 2.75. The van der Waals surface area contributed by atoms with Crippen molar-refractivity contribution in [3.8, 4) is 0 Å². The molecule has 2 aromatic rings. The summed E-state index contributed by atoms with van der Waals surface area (Å²) in [6.45, 7) is 10.9. The second-order valence-electron chi connectivity index (χ2n) is 11.9. The van der Waals surface area contributed by atoms with Gasteiger partial charge in [-0.1, -0.05) is 79.7 Å². The highest BCUT2D eigenvalue weighted by molar-refractivity contribution is 5.99. The Kier molecular flexibility index (Phi) is 9.47. The Morgan fingerprint density at radius 1 is 1.02 bits per heavy atom. The van der Waals surface area contributed by atoms with Crippen molar-refractivity contribution in [1.82, 2.24) is 14.7 Å². The lowest BCUT2D eigenvalue weighted by atomic mass is 9.70. The smallest absolute Gasteiger partial charge is 0.249 e. The normalized spacial score (nSPS) is 26.2. The summed E-state index contributed by atoms with van der Waals surface area (Å²) in [6, 6.07) is 17.7. The van der Waals surface area contributed by atoms with Crippen LogP contribution < -0.4 is 0 Å². The Morgan fingerprint density at radius 2 is 1.65 bits per heavy atom. The molecule has 3 aliphatic heterocycles. The minimum absolute atomic E-state index is 0.129. The van der Waals surface area contributed by atoms with Crippen molar-refractivity contribution in [2.45, 2.75) is 62.9 Å². The fourth-order valence-corrected chi connectivity index (χ4v) is 7.48. The summed E-state index contributed by atoms with van der Waals surface area (Å²) in [4.78, 5) is 48.4. The van der Waals surface area contributed by atoms with E-state index in [2.05, 4.69) is 13.2 Å². The number of ether oxygens (including phenoxy) is 1. The molecule has 6 atom stereocenters. The van der Waals surface area contributed by atoms with Gasteiger partial charge >= 0.3 is 0 Å². The predicted molar refractivity (Wildman–Crippen MR) is 165 cm³/mol. The Hall–Kier alpha value is -3.75. The molecule has 5 rings (SSSR count). The summed E-state index contributed by atoms with van der Waals surface area (Å²) in [5.74, 6) is -2.16. The molecule has 0 saturated carbocycles. The molecule has 3 fully saturated rings. The molecule has 8 heteroatoms. The molecule has 3 saturated heterocycles. The number of aliphatic hydroxyl groups is 1. The van der Waals surface area contributed by atoms with Crippen LogP contribution in [0.1, 0.15) is 37.3 Å². The fraction of sp³-hybridized carbons (Fsp3) is 0.457. The highest BCUT2D eigenvalue weighted by Crippen LogP contribution is 2.59. The van der Waals surface area contributed by atoms with Gasteiger partial charge in [0, 0.05) is 26.2 Å². The Morgan fingerprint density at radius 3 is 2.26 bits per heavy atom. The average molecular weight is 586 g/mol. The van der Waals surface area contributed by atoms with Gasteiger partial charge in [-0.05, 0) is 36.8 Å². The van der Waals surface area contributed by atoms with Crippen molar-refractivity contribution in [3.63, 3.8) is 0 Å². The molecule has 8 nitrogen and oxygen atoms in total. The standard InChI is InChI=1S/C35H43N3O5/c1-4-19-36(20-5-2)32(40)29-28-17-18-35(43-28)30(29)33(41)38(27(24-39)22-25-13-9-7-10-14-25)31(35)34(42)37(21-6-3)23-26-15-11-8-12-16-26/h4,6-16,27-31,39H,1,3,5,17-24H2,2H3/t27-,28+,29-,30+,31?,35?/m1/s1. The second kappa shape index (κ2) is 13.3. The zero-order valence-corrected chi connectivity index (χ0v) is 25.0. The lowest BCUT2D eigenvalue weighted by Crippen LogP contribution is -2.59. The molecule has 43 heavy (non-hydrogen) atoms. The molecular weight excluding hydrogens is 542 g/mol. The Labute approximate surface area is 254 Å². The Balaban J connectivity index is 1.57. The first-order chi connectivity index (χ1) is 20.9. The Bertz CT molecular complexity index is 1320. The van der Waals surface area contributed by atoms with Crippen molar-refractivity contribution in [2.75, 3.05) is 26.2 Å². The van der Waals surface area contributed by atoms with E-state index in [0.29, 0.717) is 38.9 Å². The molecule has 0 aliphatic carbocycles. The highest BCUT2D eigenvalue weighted by atomic mass is 16.5. The maximum absolute atomic E-state index is 14.7. The van der Waals surface area contributed by atoms with Gasteiger partial charge in [-0.15, -0.1) is 13.2 Å². The third-order valence-corrected chi connectivity index (χ3v) is 9.21. The molecular formula is C35H43N3O5. The zero-order chi connectivity index (χ0) is 30.6. The van der Waals surface area contributed by atoms with Crippen LogP contribution in [0, 0.1) is 11.8 Å². The molecule has 228 valence electrons. The lowest BCUT2D eigenvalue weighted by molar-refractivity contribution is -0.152. The van der Waals surface area contributed by atoms with Gasteiger partial charge in [0.25, 0.3) is 0 Å². The van der Waals surface area contributed by atoms with E-state index < -0.39 is 35.6 Å². The molecule has 3 heterocycles. The SMILES string of the molecule is C=CCN(Cc1ccccc1)C(=O)C1N([C@@H](CO)Cc2ccccc2)C(=O)[C@@H]2[C@H](C(=O)N(CC=C)CCC)[C@@H]3CCC12O3. The molecule has 2 bridgehead atoms. The number of hydrogen-bond donors (Lipinski definition) is 1. The van der Waals surface area contributed by atoms with Gasteiger partial charge in [0.15, 0.2) is 0 Å². The first-order valence-electron chi connectivity index (χ1n) is 15.4. The molecule has 1 spiro atoms. The molecule has 0 radical (unpaired) electrons. The van der Waals surface area contributed by atoms with Crippen molar-refractivity contribution in [2.24, 2.45) is 11.8 Å². The molecule has 1 N–H and O–H groups in total. The van der Waals surface area contributed by atoms with Crippen molar-refractivity contribution in [1.29, 1.82) is 0 Å². The van der Waals surface area contributed by atoms with E-state index >= 15 is 0 Å². The molecule has 3 amide bonds. The van der Waals surface area contributed by atoms with Crippen LogP contribution in [0.4, 0.5) is 0 Å². The van der Waals surface area contributed by atoms with Crippen LogP contribution in [0.2, 0.25) is 0 Å². The van der Waals surface area contributed by atoms with Crippen LogP contribution in [-0.4, -0.2) is 87.6 Å². The number of hydrogen-bond acceptors (Lipinski definition) is 5. The average Bonchev–Trinajstić information content (AvgIpc) is 3.67. The maximum Gasteiger partial charge on any atom is 0.249 e. The first-order valence-corrected chi connectivity index (χ1v) is 15.4. The van der Waals surface area contributed by atoms with Crippen molar-refractivity contribution >= 4 is 17.7 Å². The number of amides is 3. The number of nitrogens with zero attached hydrogens (tertiary/aromatic N) is 3. The monoisotopic (exact) mass is 585 g/mol. The van der Waals surface area contributed by atoms with Crippen molar-refractivity contribution < 1.29 is 24.2 Å². The van der Waals surface area contributed by atoms with Gasteiger partial charge in [-0.2, -0.15) is 0 Å². The number of aliphatic hydroxyl groups excluding tert-OH is 1. The largest absolute Gasteiger partial charge is 0.394 e. The van der Waals surface area contributed by atoms with E-state index in [0.717, 1.165) is 17.5 Å². The predicted octanol–water partition coefficient (Wildman–Crippen LogP) is 3.60. The minimum Gasteiger partial charge on any atom is -0.394 e. The number of carbonyl (C=O) groups is 3. The lowest BCUT2D eigenvalue weighted by Gasteiger charge is -2.39. The summed E-state index contributed by atoms with van der Waals surface area (Å²) in [5.41, 5.74) is 0.751. The third-order valence-electron chi connectivity index (χ3n) is 9.21. The summed E-state index contributed by atoms with van der Waals surface area (Å²) >= 11 is 0. The first kappa shape index (κ1) is 30.7. The molecule has 0 aromatic heterocycles. The van der Waals surface area contributed by atoms with Gasteiger partial charge in [0.1, 0.15) is 11.6 Å². The second-order valence-corrected chi connectivity index (χ2v) is 11.9. The quantitative estimate of drug-likeness (QED) is 0.342. The van der Waals surface area contributed by atoms with Crippen LogP contribution in [0.25, 0.3) is 0 Å². The van der Waals surface area contributed by atoms with E-state index in [-0.39, 0.29) is 30.9 Å². The molecule has 3 aliphatic rings. The number of benzene rings is 2. The van der Waals surface area contributed by atoms with E-state index in [9.17, 15) is 19.5 Å². The van der Waals surface area contributed by atoms with Crippen LogP contribution in [0.5, 0.6) is 0 Å². The third kappa shape index (κ3) is 5.66. The van der Waals surface area contributed by atoms with Crippen LogP contribution in [0.3, 0.4) is 0 Å². The molecule has 2 aromatic carbocycles. The van der Waals surface area contributed by atoms with Gasteiger partial charge in [-0.25, -0.2) is 0 Å². The zero-order valence-electron chi connectivity index (χ0n) is 25.0. The summed E-state index contributed by atoms with van der Waals surface area (Å²) in [6.07, 6.45) is 5.18. The fourth-order valence-electron chi connectivity index (χ4n) is 7.48. The number of fused-ring (bicyclic) bond motifs is 1. The van der Waals surface area contributed by atoms with E-state index in [1.807, 2.05) is 67.6 Å². The van der Waals surface area contributed by atoms with Crippen LogP contribution in [-0.2, 0) is 32.1 Å². The summed E-state index contributed by atoms with van der Waals surface area (Å²) in [7, 11) is 0. The summed E-state index contributed by atoms with van der Waals surface area (Å²) < 4.78 is 6.69. The topological polar surface area (TPSA) is 90.4 Å². The van der Waals surface area contributed by atoms with Gasteiger partial charge in [-0.3, -0.25) is 14.4 Å². The van der Waals surface area contributed by atoms with Gasteiger partial charge < -0.3 is 24.5 Å².